The molecule has 0 N–H and O–H groups in total. The summed E-state index contributed by atoms with van der Waals surface area (Å²) < 4.78 is 0. The molecular weight excluding hydrogens is 799 g/mol. The first-order valence-electron chi connectivity index (χ1n) is 23.4. The molecule has 65 heavy (non-hydrogen) atoms. The highest BCUT2D eigenvalue weighted by Gasteiger charge is 2.57. The fourth-order valence-electron chi connectivity index (χ4n) is 13.9. The SMILES string of the molecule is Cc1ccc2c(c1)C1(c3ccccc3N(c3ccc4c(c3)[Si]3(c5ccccc5-c5ccccc53)c3ccccc3-4)c3cc4c(cc31)-c1ccccc1C4(C)C)c1cc(C)ccc1C2(C)C. The molecule has 5 aliphatic rings. The first kappa shape index (κ1) is 37.4. The molecule has 0 saturated heterocycles. The number of anilines is 3. The van der Waals surface area contributed by atoms with Crippen LogP contribution in [0.2, 0.25) is 0 Å². The van der Waals surface area contributed by atoms with Gasteiger partial charge in [-0.15, -0.1) is 0 Å². The van der Waals surface area contributed by atoms with Gasteiger partial charge in [0.1, 0.15) is 0 Å². The van der Waals surface area contributed by atoms with E-state index in [-0.39, 0.29) is 10.8 Å². The van der Waals surface area contributed by atoms with E-state index < -0.39 is 13.5 Å². The van der Waals surface area contributed by atoms with Crippen LogP contribution >= 0.6 is 0 Å². The van der Waals surface area contributed by atoms with Gasteiger partial charge in [-0.3, -0.25) is 0 Å². The van der Waals surface area contributed by atoms with Gasteiger partial charge in [-0.1, -0.05) is 197 Å². The Morgan fingerprint density at radius 3 is 1.42 bits per heavy atom. The predicted octanol–water partition coefficient (Wildman–Crippen LogP) is 12.8. The van der Waals surface area contributed by atoms with Gasteiger partial charge in [0.2, 0.25) is 0 Å². The van der Waals surface area contributed by atoms with Crippen LogP contribution in [0.25, 0.3) is 33.4 Å². The van der Waals surface area contributed by atoms with Crippen LogP contribution in [-0.4, -0.2) is 8.07 Å². The first-order chi connectivity index (χ1) is 31.6. The first-order valence-corrected chi connectivity index (χ1v) is 25.4. The van der Waals surface area contributed by atoms with Crippen molar-refractivity contribution in [2.45, 2.75) is 57.8 Å². The third kappa shape index (κ3) is 4.35. The van der Waals surface area contributed by atoms with E-state index in [0.717, 1.165) is 0 Å². The van der Waals surface area contributed by atoms with Gasteiger partial charge in [0.25, 0.3) is 0 Å². The highest BCUT2D eigenvalue weighted by Crippen LogP contribution is 2.65. The molecule has 0 unspecified atom stereocenters. The Kier molecular flexibility index (Phi) is 7.14. The largest absolute Gasteiger partial charge is 0.310 e. The number of hydrogen-bond acceptors (Lipinski definition) is 1. The van der Waals surface area contributed by atoms with E-state index in [0.29, 0.717) is 0 Å². The summed E-state index contributed by atoms with van der Waals surface area (Å²) in [5.41, 5.74) is 24.6. The maximum atomic E-state index is 2.66. The van der Waals surface area contributed by atoms with Gasteiger partial charge in [-0.05, 0) is 143 Å². The number of aryl methyl sites for hydroxylation is 2. The molecule has 2 aliphatic carbocycles. The second-order valence-corrected chi connectivity index (χ2v) is 24.2. The summed E-state index contributed by atoms with van der Waals surface area (Å²) in [5.74, 6) is 0. The summed E-state index contributed by atoms with van der Waals surface area (Å²) >= 11 is 0. The average molecular weight is 848 g/mol. The normalized spacial score (nSPS) is 16.9. The van der Waals surface area contributed by atoms with Crippen LogP contribution in [0.4, 0.5) is 17.1 Å². The van der Waals surface area contributed by atoms with Crippen molar-refractivity contribution in [3.8, 4) is 33.4 Å². The number of nitrogens with zero attached hydrogens (tertiary/aromatic N) is 1. The molecule has 0 fully saturated rings. The number of para-hydroxylation sites is 1. The summed E-state index contributed by atoms with van der Waals surface area (Å²) in [4.78, 5) is 2.66. The van der Waals surface area contributed by atoms with E-state index in [1.807, 2.05) is 0 Å². The highest BCUT2D eigenvalue weighted by molar-refractivity contribution is 7.24. The minimum absolute atomic E-state index is 0.178. The summed E-state index contributed by atoms with van der Waals surface area (Å²) in [7, 11) is -2.70. The van der Waals surface area contributed by atoms with Crippen molar-refractivity contribution < 1.29 is 0 Å². The third-order valence-electron chi connectivity index (χ3n) is 16.6. The lowest BCUT2D eigenvalue weighted by molar-refractivity contribution is 0.555. The quantitative estimate of drug-likeness (QED) is 0.149. The molecule has 310 valence electrons. The molecule has 3 heterocycles. The Hall–Kier alpha value is -7.00. The van der Waals surface area contributed by atoms with Crippen LogP contribution in [0.3, 0.4) is 0 Å². The fraction of sp³-hybridized carbons (Fsp3) is 0.143. The second-order valence-electron chi connectivity index (χ2n) is 20.5. The summed E-state index contributed by atoms with van der Waals surface area (Å²) in [6, 6.07) is 73.9. The molecule has 0 bridgehead atoms. The molecule has 0 atom stereocenters. The molecule has 9 aromatic carbocycles. The van der Waals surface area contributed by atoms with E-state index in [1.165, 1.54) is 127 Å². The Bertz CT molecular complexity index is 3480. The Labute approximate surface area is 383 Å². The van der Waals surface area contributed by atoms with Crippen molar-refractivity contribution in [1.82, 2.24) is 0 Å². The van der Waals surface area contributed by atoms with Crippen LogP contribution in [0.5, 0.6) is 0 Å². The van der Waals surface area contributed by atoms with E-state index in [4.69, 9.17) is 0 Å². The smallest absolute Gasteiger partial charge is 0.182 e. The van der Waals surface area contributed by atoms with Crippen molar-refractivity contribution in [2.75, 3.05) is 4.90 Å². The molecule has 0 radical (unpaired) electrons. The summed E-state index contributed by atoms with van der Waals surface area (Å²) in [6.45, 7) is 14.3. The molecule has 14 rings (SSSR count). The number of rotatable bonds is 1. The Morgan fingerprint density at radius 1 is 0.323 bits per heavy atom. The maximum Gasteiger partial charge on any atom is 0.182 e. The zero-order chi connectivity index (χ0) is 43.8. The van der Waals surface area contributed by atoms with Crippen LogP contribution in [-0.2, 0) is 16.2 Å². The summed E-state index contributed by atoms with van der Waals surface area (Å²) in [5, 5.41) is 6.00. The zero-order valence-electron chi connectivity index (χ0n) is 37.8. The molecule has 3 aliphatic heterocycles. The van der Waals surface area contributed by atoms with E-state index in [9.17, 15) is 0 Å². The fourth-order valence-corrected chi connectivity index (χ4v) is 19.5. The van der Waals surface area contributed by atoms with Gasteiger partial charge in [0.05, 0.1) is 16.8 Å². The van der Waals surface area contributed by atoms with Crippen molar-refractivity contribution in [2.24, 2.45) is 0 Å². The molecule has 0 amide bonds. The number of benzene rings is 9. The topological polar surface area (TPSA) is 3.24 Å². The zero-order valence-corrected chi connectivity index (χ0v) is 38.8. The lowest BCUT2D eigenvalue weighted by Gasteiger charge is -2.53. The van der Waals surface area contributed by atoms with E-state index >= 15 is 0 Å². The number of hydrogen-bond donors (Lipinski definition) is 0. The predicted molar refractivity (Wildman–Crippen MR) is 274 cm³/mol. The van der Waals surface area contributed by atoms with Crippen molar-refractivity contribution in [1.29, 1.82) is 0 Å². The van der Waals surface area contributed by atoms with Crippen molar-refractivity contribution >= 4 is 45.9 Å². The standard InChI is InChI=1S/C63H49NSi/c1-38-27-31-48-52(33-38)63(53-34-39(2)28-32-49(53)62(48,5)6)50-22-12-13-23-55(50)64(56-37-51-46(36-54(56)63)41-17-7-11-21-47(41)61(51,3)4)40-29-30-45-44-20-10-16-26-59(44)65(60(45)35-40)57-24-14-8-18-42(57)43-19-9-15-25-58(43)65/h7-37H,1-6H3. The third-order valence-corrected chi connectivity index (χ3v) is 21.6. The van der Waals surface area contributed by atoms with Crippen LogP contribution < -0.4 is 25.6 Å². The monoisotopic (exact) mass is 847 g/mol. The second kappa shape index (κ2) is 12.4. The van der Waals surface area contributed by atoms with Gasteiger partial charge in [0.15, 0.2) is 8.07 Å². The molecule has 0 saturated carbocycles. The summed E-state index contributed by atoms with van der Waals surface area (Å²) in [6.07, 6.45) is 0. The highest BCUT2D eigenvalue weighted by atomic mass is 28.3. The van der Waals surface area contributed by atoms with Gasteiger partial charge in [0, 0.05) is 16.5 Å². The van der Waals surface area contributed by atoms with Crippen LogP contribution in [0, 0.1) is 13.8 Å². The Morgan fingerprint density at radius 2 is 0.815 bits per heavy atom. The average Bonchev–Trinajstić information content (AvgIpc) is 3.88. The molecule has 0 aromatic heterocycles. The van der Waals surface area contributed by atoms with Gasteiger partial charge in [-0.25, -0.2) is 0 Å². The lowest BCUT2D eigenvalue weighted by Crippen LogP contribution is -2.70. The maximum absolute atomic E-state index is 2.70. The van der Waals surface area contributed by atoms with Gasteiger partial charge >= 0.3 is 0 Å². The molecule has 2 spiro atoms. The Balaban J connectivity index is 1.13. The van der Waals surface area contributed by atoms with Crippen LogP contribution in [0.15, 0.2) is 188 Å². The molecular formula is C63H49NSi. The van der Waals surface area contributed by atoms with Crippen molar-refractivity contribution in [3.05, 3.63) is 244 Å². The minimum atomic E-state index is -2.70. The van der Waals surface area contributed by atoms with E-state index in [2.05, 4.69) is 234 Å². The van der Waals surface area contributed by atoms with Crippen LogP contribution in [0.1, 0.15) is 83.3 Å². The van der Waals surface area contributed by atoms with Gasteiger partial charge in [-0.2, -0.15) is 0 Å². The minimum Gasteiger partial charge on any atom is -0.310 e. The van der Waals surface area contributed by atoms with Gasteiger partial charge < -0.3 is 4.90 Å². The van der Waals surface area contributed by atoms with Crippen molar-refractivity contribution in [3.63, 3.8) is 0 Å². The van der Waals surface area contributed by atoms with E-state index in [1.54, 1.807) is 0 Å². The molecule has 2 heteroatoms. The lowest BCUT2D eigenvalue weighted by atomic mass is 9.52. The molecule has 1 nitrogen and oxygen atoms in total. The molecule has 9 aromatic rings. The number of fused-ring (bicyclic) bond motifs is 21.